The van der Waals surface area contributed by atoms with Crippen molar-refractivity contribution in [2.75, 3.05) is 25.0 Å². The van der Waals surface area contributed by atoms with E-state index in [-0.39, 0.29) is 28.1 Å². The SMILES string of the molecule is CNC(=O)C(C)N(Cc1cccc(C)c1)C(=O)CN(c1ccc(OC)c(Cl)c1)S(=O)(=O)c1ccc(C)cc1. The van der Waals surface area contributed by atoms with Crippen LogP contribution in [0.15, 0.2) is 71.6 Å². The predicted molar refractivity (Wildman–Crippen MR) is 149 cm³/mol. The number of amides is 2. The minimum atomic E-state index is -4.18. The Kier molecular flexibility index (Phi) is 9.40. The molecule has 3 rings (SSSR count). The summed E-state index contributed by atoms with van der Waals surface area (Å²) in [7, 11) is -1.24. The lowest BCUT2D eigenvalue weighted by Crippen LogP contribution is -2.50. The topological polar surface area (TPSA) is 96.0 Å². The van der Waals surface area contributed by atoms with Gasteiger partial charge in [-0.1, -0.05) is 59.1 Å². The third-order valence-corrected chi connectivity index (χ3v) is 8.24. The Balaban J connectivity index is 2.07. The zero-order chi connectivity index (χ0) is 28.0. The summed E-state index contributed by atoms with van der Waals surface area (Å²) < 4.78 is 33.9. The standard InChI is InChI=1S/C28H32ClN3O5S/c1-19-9-12-24(13-10-19)38(35,36)32(23-11-14-26(37-5)25(29)16-23)18-27(33)31(21(3)28(34)30-4)17-22-8-6-7-20(2)15-22/h6-16,21H,17-18H2,1-5H3,(H,30,34). The number of nitrogens with one attached hydrogen (secondary N) is 1. The van der Waals surface area contributed by atoms with Gasteiger partial charge in [-0.05, 0) is 56.7 Å². The van der Waals surface area contributed by atoms with Gasteiger partial charge in [-0.3, -0.25) is 13.9 Å². The molecule has 0 aliphatic carbocycles. The van der Waals surface area contributed by atoms with Gasteiger partial charge in [0.25, 0.3) is 10.0 Å². The number of sulfonamides is 1. The Morgan fingerprint density at radius 1 is 1.00 bits per heavy atom. The molecule has 3 aromatic rings. The van der Waals surface area contributed by atoms with Crippen LogP contribution in [-0.4, -0.2) is 51.9 Å². The van der Waals surface area contributed by atoms with E-state index in [4.69, 9.17) is 16.3 Å². The number of methoxy groups -OCH3 is 1. The lowest BCUT2D eigenvalue weighted by molar-refractivity contribution is -0.139. The Labute approximate surface area is 229 Å². The number of hydrogen-bond acceptors (Lipinski definition) is 5. The van der Waals surface area contributed by atoms with Gasteiger partial charge >= 0.3 is 0 Å². The minimum absolute atomic E-state index is 0.0208. The molecular formula is C28H32ClN3O5S. The summed E-state index contributed by atoms with van der Waals surface area (Å²) >= 11 is 6.33. The highest BCUT2D eigenvalue weighted by atomic mass is 35.5. The lowest BCUT2D eigenvalue weighted by Gasteiger charge is -2.32. The quantitative estimate of drug-likeness (QED) is 0.400. The number of nitrogens with zero attached hydrogens (tertiary/aromatic N) is 2. The van der Waals surface area contributed by atoms with Crippen molar-refractivity contribution >= 4 is 39.1 Å². The zero-order valence-corrected chi connectivity index (χ0v) is 23.6. The van der Waals surface area contributed by atoms with Crippen molar-refractivity contribution in [1.82, 2.24) is 10.2 Å². The molecule has 0 aliphatic rings. The Morgan fingerprint density at radius 3 is 2.26 bits per heavy atom. The number of anilines is 1. The summed E-state index contributed by atoms with van der Waals surface area (Å²) in [5.74, 6) is -0.555. The normalized spacial score (nSPS) is 11.9. The van der Waals surface area contributed by atoms with E-state index in [9.17, 15) is 18.0 Å². The molecule has 0 fully saturated rings. The summed E-state index contributed by atoms with van der Waals surface area (Å²) in [6.07, 6.45) is 0. The maximum Gasteiger partial charge on any atom is 0.264 e. The maximum absolute atomic E-state index is 13.8. The van der Waals surface area contributed by atoms with Crippen molar-refractivity contribution in [3.05, 3.63) is 88.4 Å². The first-order chi connectivity index (χ1) is 18.0. The highest BCUT2D eigenvalue weighted by molar-refractivity contribution is 7.92. The fourth-order valence-electron chi connectivity index (χ4n) is 3.98. The van der Waals surface area contributed by atoms with E-state index in [2.05, 4.69) is 5.32 Å². The first-order valence-electron chi connectivity index (χ1n) is 12.0. The van der Waals surface area contributed by atoms with Crippen molar-refractivity contribution in [3.8, 4) is 5.75 Å². The average Bonchev–Trinajstić information content (AvgIpc) is 2.89. The summed E-state index contributed by atoms with van der Waals surface area (Å²) in [5.41, 5.74) is 2.89. The number of halogens is 1. The van der Waals surface area contributed by atoms with E-state index in [1.54, 1.807) is 19.1 Å². The first kappa shape index (κ1) is 29.0. The van der Waals surface area contributed by atoms with Crippen molar-refractivity contribution in [2.24, 2.45) is 0 Å². The molecule has 38 heavy (non-hydrogen) atoms. The molecular weight excluding hydrogens is 526 g/mol. The van der Waals surface area contributed by atoms with Gasteiger partial charge in [0.05, 0.1) is 22.7 Å². The van der Waals surface area contributed by atoms with Crippen molar-refractivity contribution < 1.29 is 22.7 Å². The van der Waals surface area contributed by atoms with E-state index in [0.29, 0.717) is 5.75 Å². The van der Waals surface area contributed by atoms with Gasteiger partial charge in [-0.15, -0.1) is 0 Å². The molecule has 0 spiro atoms. The first-order valence-corrected chi connectivity index (χ1v) is 13.8. The predicted octanol–water partition coefficient (Wildman–Crippen LogP) is 4.32. The molecule has 2 amide bonds. The molecule has 3 aromatic carbocycles. The van der Waals surface area contributed by atoms with Gasteiger partial charge in [0.15, 0.2) is 0 Å². The molecule has 1 unspecified atom stereocenters. The van der Waals surface area contributed by atoms with Gasteiger partial charge in [-0.25, -0.2) is 8.42 Å². The van der Waals surface area contributed by atoms with E-state index in [1.165, 1.54) is 49.4 Å². The summed E-state index contributed by atoms with van der Waals surface area (Å²) in [6.45, 7) is 4.96. The van der Waals surface area contributed by atoms with Crippen LogP contribution in [0.4, 0.5) is 5.69 Å². The molecule has 202 valence electrons. The van der Waals surface area contributed by atoms with Crippen molar-refractivity contribution in [1.29, 1.82) is 0 Å². The monoisotopic (exact) mass is 557 g/mol. The number of ether oxygens (including phenoxy) is 1. The minimum Gasteiger partial charge on any atom is -0.495 e. The van der Waals surface area contributed by atoms with Crippen LogP contribution in [-0.2, 0) is 26.2 Å². The molecule has 10 heteroatoms. The highest BCUT2D eigenvalue weighted by Gasteiger charge is 2.32. The molecule has 0 bridgehead atoms. The van der Waals surface area contributed by atoms with Crippen LogP contribution in [0.25, 0.3) is 0 Å². The van der Waals surface area contributed by atoms with Gasteiger partial charge in [-0.2, -0.15) is 0 Å². The fraction of sp³-hybridized carbons (Fsp3) is 0.286. The fourth-order valence-corrected chi connectivity index (χ4v) is 5.63. The summed E-state index contributed by atoms with van der Waals surface area (Å²) in [6, 6.07) is 17.6. The largest absolute Gasteiger partial charge is 0.495 e. The second-order valence-electron chi connectivity index (χ2n) is 8.94. The molecule has 0 aromatic heterocycles. The number of benzene rings is 3. The number of hydrogen-bond donors (Lipinski definition) is 1. The van der Waals surface area contributed by atoms with E-state index < -0.39 is 28.5 Å². The van der Waals surface area contributed by atoms with Crippen LogP contribution in [0, 0.1) is 13.8 Å². The number of carbonyl (C=O) groups excluding carboxylic acids is 2. The van der Waals surface area contributed by atoms with Crippen LogP contribution >= 0.6 is 11.6 Å². The Bertz CT molecular complexity index is 1410. The highest BCUT2D eigenvalue weighted by Crippen LogP contribution is 2.32. The van der Waals surface area contributed by atoms with Crippen LogP contribution in [0.1, 0.15) is 23.6 Å². The van der Waals surface area contributed by atoms with Crippen LogP contribution in [0.2, 0.25) is 5.02 Å². The van der Waals surface area contributed by atoms with Gasteiger partial charge in [0.1, 0.15) is 18.3 Å². The lowest BCUT2D eigenvalue weighted by atomic mass is 10.1. The molecule has 0 heterocycles. The maximum atomic E-state index is 13.8. The number of carbonyl (C=O) groups is 2. The van der Waals surface area contributed by atoms with Crippen LogP contribution in [0.3, 0.4) is 0 Å². The van der Waals surface area contributed by atoms with E-state index in [0.717, 1.165) is 21.0 Å². The smallest absolute Gasteiger partial charge is 0.264 e. The van der Waals surface area contributed by atoms with Gasteiger partial charge < -0.3 is 15.0 Å². The van der Waals surface area contributed by atoms with Gasteiger partial charge in [0.2, 0.25) is 11.8 Å². The Morgan fingerprint density at radius 2 is 1.68 bits per heavy atom. The zero-order valence-electron chi connectivity index (χ0n) is 22.1. The third-order valence-electron chi connectivity index (χ3n) is 6.16. The second kappa shape index (κ2) is 12.3. The second-order valence-corrected chi connectivity index (χ2v) is 11.2. The molecule has 1 atom stereocenters. The summed E-state index contributed by atoms with van der Waals surface area (Å²) in [5, 5.41) is 2.76. The van der Waals surface area contributed by atoms with Crippen LogP contribution in [0.5, 0.6) is 5.75 Å². The molecule has 0 saturated carbocycles. The molecule has 0 radical (unpaired) electrons. The summed E-state index contributed by atoms with van der Waals surface area (Å²) in [4.78, 5) is 27.8. The van der Waals surface area contributed by atoms with Gasteiger partial charge in [0, 0.05) is 13.6 Å². The molecule has 0 saturated heterocycles. The van der Waals surface area contributed by atoms with E-state index in [1.807, 2.05) is 38.1 Å². The molecule has 8 nitrogen and oxygen atoms in total. The molecule has 0 aliphatic heterocycles. The van der Waals surface area contributed by atoms with E-state index >= 15 is 0 Å². The van der Waals surface area contributed by atoms with Crippen molar-refractivity contribution in [3.63, 3.8) is 0 Å². The average molecular weight is 558 g/mol. The number of aryl methyl sites for hydroxylation is 2. The Hall–Kier alpha value is -3.56. The number of rotatable bonds is 10. The number of likely N-dealkylation sites (N-methyl/N-ethyl adjacent to an activating group) is 1. The van der Waals surface area contributed by atoms with Crippen LogP contribution < -0.4 is 14.4 Å². The molecule has 1 N–H and O–H groups in total. The third kappa shape index (κ3) is 6.65. The van der Waals surface area contributed by atoms with Crippen molar-refractivity contribution in [2.45, 2.75) is 38.3 Å².